The first kappa shape index (κ1) is 34.1. The first-order chi connectivity index (χ1) is 19.8. The molecular weight excluding hydrogens is 568 g/mol. The molecule has 4 rings (SSSR count). The lowest BCUT2D eigenvalue weighted by atomic mass is 9.84. The third kappa shape index (κ3) is 6.60. The molecule has 0 aromatic carbocycles. The van der Waals surface area contributed by atoms with Gasteiger partial charge in [-0.1, -0.05) is 0 Å². The lowest BCUT2D eigenvalue weighted by Gasteiger charge is -2.47. The Morgan fingerprint density at radius 3 is 1.45 bits per heavy atom. The van der Waals surface area contributed by atoms with Crippen LogP contribution in [0.4, 0.5) is 0 Å². The Labute approximate surface area is 241 Å². The van der Waals surface area contributed by atoms with Gasteiger partial charge in [0, 0.05) is 25.2 Å². The Hall–Kier alpha value is -0.760. The van der Waals surface area contributed by atoms with Crippen LogP contribution < -0.4 is 34.4 Å². The Morgan fingerprint density at radius 1 is 0.524 bits per heavy atom. The van der Waals surface area contributed by atoms with Gasteiger partial charge in [-0.15, -0.1) is 0 Å². The van der Waals surface area contributed by atoms with Crippen LogP contribution >= 0.6 is 0 Å². The van der Waals surface area contributed by atoms with Crippen LogP contribution in [0.1, 0.15) is 6.42 Å². The molecule has 3 heterocycles. The van der Waals surface area contributed by atoms with E-state index in [2.05, 4.69) is 0 Å². The maximum atomic E-state index is 11.1. The van der Waals surface area contributed by atoms with Crippen molar-refractivity contribution in [3.63, 3.8) is 0 Å². The van der Waals surface area contributed by atoms with E-state index in [4.69, 9.17) is 62.8 Å². The number of aliphatic hydroxyl groups excluding tert-OH is 7. The van der Waals surface area contributed by atoms with Crippen LogP contribution in [-0.2, 0) is 28.4 Å². The highest BCUT2D eigenvalue weighted by atomic mass is 16.8. The molecule has 1 saturated carbocycles. The molecule has 42 heavy (non-hydrogen) atoms. The molecule has 4 aliphatic rings. The number of aliphatic hydroxyl groups is 7. The summed E-state index contributed by atoms with van der Waals surface area (Å²) in [6, 6.07) is -4.18. The summed E-state index contributed by atoms with van der Waals surface area (Å²) in [5.41, 5.74) is 35.6. The molecule has 4 fully saturated rings. The lowest BCUT2D eigenvalue weighted by Crippen LogP contribution is -2.68. The lowest BCUT2D eigenvalue weighted by molar-refractivity contribution is -0.306. The van der Waals surface area contributed by atoms with Gasteiger partial charge in [0.15, 0.2) is 18.9 Å². The normalized spacial score (nSPS) is 53.8. The van der Waals surface area contributed by atoms with Gasteiger partial charge in [0.05, 0.1) is 24.8 Å². The summed E-state index contributed by atoms with van der Waals surface area (Å²) in [5.74, 6) is 0. The highest BCUT2D eigenvalue weighted by Crippen LogP contribution is 2.34. The minimum absolute atomic E-state index is 0.0889. The van der Waals surface area contributed by atoms with Gasteiger partial charge in [-0.05, 0) is 6.42 Å². The van der Waals surface area contributed by atoms with Crippen LogP contribution in [0.2, 0.25) is 0 Å². The van der Waals surface area contributed by atoms with Crippen LogP contribution in [0.5, 0.6) is 0 Å². The van der Waals surface area contributed by atoms with Crippen molar-refractivity contribution in [2.75, 3.05) is 19.7 Å². The minimum atomic E-state index is -1.60. The molecule has 4 unspecified atom stereocenters. The van der Waals surface area contributed by atoms with E-state index in [1.165, 1.54) is 0 Å². The molecular formula is C23H46N6O13. The molecule has 0 spiro atoms. The van der Waals surface area contributed by atoms with Gasteiger partial charge in [-0.25, -0.2) is 0 Å². The highest BCUT2D eigenvalue weighted by molar-refractivity contribution is 5.02. The van der Waals surface area contributed by atoms with Crippen molar-refractivity contribution in [3.8, 4) is 0 Å². The van der Waals surface area contributed by atoms with Gasteiger partial charge in [0.1, 0.15) is 67.1 Å². The van der Waals surface area contributed by atoms with Crippen LogP contribution in [0.3, 0.4) is 0 Å². The summed E-state index contributed by atoms with van der Waals surface area (Å²) in [6.45, 7) is -0.967. The number of hydrogen-bond donors (Lipinski definition) is 13. The minimum Gasteiger partial charge on any atom is -0.394 e. The third-order valence-electron chi connectivity index (χ3n) is 8.37. The maximum absolute atomic E-state index is 11.1. The van der Waals surface area contributed by atoms with E-state index >= 15 is 0 Å². The van der Waals surface area contributed by atoms with Crippen molar-refractivity contribution >= 4 is 0 Å². The molecule has 0 radical (unpaired) electrons. The fourth-order valence-electron chi connectivity index (χ4n) is 5.74. The molecule has 19 N–H and O–H groups in total. The largest absolute Gasteiger partial charge is 0.394 e. The second kappa shape index (κ2) is 14.1. The van der Waals surface area contributed by atoms with E-state index < -0.39 is 123 Å². The first-order valence-electron chi connectivity index (χ1n) is 13.9. The molecule has 0 aromatic heterocycles. The molecule has 19 nitrogen and oxygen atoms in total. The fourth-order valence-corrected chi connectivity index (χ4v) is 5.74. The number of ether oxygens (including phenoxy) is 6. The van der Waals surface area contributed by atoms with E-state index in [-0.39, 0.29) is 19.5 Å². The molecule has 0 bridgehead atoms. The average molecular weight is 615 g/mol. The van der Waals surface area contributed by atoms with Gasteiger partial charge in [0.2, 0.25) is 0 Å². The SMILES string of the molecule is NC[C@@H]1O[C@@H](O[C@H]2[C@@H](O)[C@H](OC3[C@@H](O)C(N)C[C@H](N)[C@@H]3O[C@H]3O[C@H](CN)C(O)[C@H](O)[C@H]3N)O[C@@H]2CO)[C@H](N)[C@@H](O)C1O. The van der Waals surface area contributed by atoms with Crippen molar-refractivity contribution in [3.05, 3.63) is 0 Å². The highest BCUT2D eigenvalue weighted by Gasteiger charge is 2.54. The zero-order valence-electron chi connectivity index (χ0n) is 22.8. The zero-order valence-corrected chi connectivity index (χ0v) is 22.8. The van der Waals surface area contributed by atoms with Gasteiger partial charge >= 0.3 is 0 Å². The van der Waals surface area contributed by atoms with Crippen LogP contribution in [0.15, 0.2) is 0 Å². The van der Waals surface area contributed by atoms with Crippen LogP contribution in [0.25, 0.3) is 0 Å². The Kier molecular flexibility index (Phi) is 11.5. The van der Waals surface area contributed by atoms with Crippen molar-refractivity contribution < 1.29 is 64.2 Å². The fraction of sp³-hybridized carbons (Fsp3) is 1.00. The number of hydrogen-bond acceptors (Lipinski definition) is 19. The van der Waals surface area contributed by atoms with Crippen molar-refractivity contribution in [1.29, 1.82) is 0 Å². The molecule has 19 atom stereocenters. The van der Waals surface area contributed by atoms with E-state index in [1.807, 2.05) is 0 Å². The van der Waals surface area contributed by atoms with E-state index in [0.717, 1.165) is 0 Å². The number of nitrogens with two attached hydrogens (primary N) is 6. The standard InChI is InChI=1S/C23H46N6O13/c24-2-7-13(32)15(34)10(28)21(37-7)40-18-6(27)1-5(26)12(31)20(18)42-23-17(36)19(9(4-30)39-23)41-22-11(29)16(35)14(33)8(3-25)38-22/h5-23,30-36H,1-4,24-29H2/t5?,6-,7+,8-,9+,10+,11+,12-,13?,14?,15+,16+,17+,18-,19+,20?,21+,22-,23-/m0/s1. The summed E-state index contributed by atoms with van der Waals surface area (Å²) < 4.78 is 34.6. The topological polar surface area (TPSA) is 353 Å². The summed E-state index contributed by atoms with van der Waals surface area (Å²) in [6.07, 6.45) is -19.8. The Balaban J connectivity index is 1.50. The van der Waals surface area contributed by atoms with Crippen molar-refractivity contribution in [2.45, 2.75) is 123 Å². The predicted octanol–water partition coefficient (Wildman–Crippen LogP) is -8.90. The number of rotatable bonds is 9. The molecule has 0 aromatic rings. The van der Waals surface area contributed by atoms with Gasteiger partial charge in [0.25, 0.3) is 0 Å². The molecule has 246 valence electrons. The Bertz CT molecular complexity index is 868. The van der Waals surface area contributed by atoms with Crippen molar-refractivity contribution in [2.24, 2.45) is 34.4 Å². The predicted molar refractivity (Wildman–Crippen MR) is 138 cm³/mol. The van der Waals surface area contributed by atoms with Crippen LogP contribution in [-0.4, -0.2) is 172 Å². The Morgan fingerprint density at radius 2 is 0.976 bits per heavy atom. The van der Waals surface area contributed by atoms with Gasteiger partial charge in [-0.2, -0.15) is 0 Å². The first-order valence-corrected chi connectivity index (χ1v) is 13.9. The zero-order chi connectivity index (χ0) is 31.0. The summed E-state index contributed by atoms with van der Waals surface area (Å²) in [4.78, 5) is 0. The quantitative estimate of drug-likeness (QED) is 0.115. The van der Waals surface area contributed by atoms with E-state index in [0.29, 0.717) is 0 Å². The monoisotopic (exact) mass is 614 g/mol. The average Bonchev–Trinajstić information content (AvgIpc) is 3.27. The van der Waals surface area contributed by atoms with Crippen LogP contribution in [0, 0.1) is 0 Å². The molecule has 3 saturated heterocycles. The maximum Gasteiger partial charge on any atom is 0.187 e. The molecule has 1 aliphatic carbocycles. The van der Waals surface area contributed by atoms with Gasteiger partial charge < -0.3 is 98.6 Å². The summed E-state index contributed by atoms with van der Waals surface area (Å²) in [7, 11) is 0. The summed E-state index contributed by atoms with van der Waals surface area (Å²) in [5, 5.41) is 73.0. The van der Waals surface area contributed by atoms with E-state index in [1.54, 1.807) is 0 Å². The third-order valence-corrected chi connectivity index (χ3v) is 8.37. The smallest absolute Gasteiger partial charge is 0.187 e. The molecule has 19 heteroatoms. The summed E-state index contributed by atoms with van der Waals surface area (Å²) >= 11 is 0. The molecule has 3 aliphatic heterocycles. The second-order valence-corrected chi connectivity index (χ2v) is 11.2. The molecule has 0 amide bonds. The second-order valence-electron chi connectivity index (χ2n) is 11.2. The van der Waals surface area contributed by atoms with Crippen molar-refractivity contribution in [1.82, 2.24) is 0 Å². The van der Waals surface area contributed by atoms with E-state index in [9.17, 15) is 35.7 Å². The van der Waals surface area contributed by atoms with Gasteiger partial charge in [-0.3, -0.25) is 0 Å².